The van der Waals surface area contributed by atoms with Crippen molar-refractivity contribution in [3.05, 3.63) is 54.6 Å². The Hall–Kier alpha value is -2.80. The van der Waals surface area contributed by atoms with E-state index in [2.05, 4.69) is 15.5 Å². The average molecular weight is 409 g/mol. The lowest BCUT2D eigenvalue weighted by Gasteiger charge is -2.13. The number of ether oxygens (including phenoxy) is 1. The molecule has 0 atom stereocenters. The zero-order valence-corrected chi connectivity index (χ0v) is 17.2. The number of hydrogen-bond acceptors (Lipinski definition) is 5. The van der Waals surface area contributed by atoms with Crippen LogP contribution in [0.2, 0.25) is 0 Å². The number of aromatic nitrogens is 3. The van der Waals surface area contributed by atoms with Crippen LogP contribution < -0.4 is 10.1 Å². The van der Waals surface area contributed by atoms with Gasteiger partial charge in [0, 0.05) is 17.3 Å². The Labute approximate surface area is 174 Å². The van der Waals surface area contributed by atoms with E-state index >= 15 is 0 Å². The van der Waals surface area contributed by atoms with Crippen molar-refractivity contribution in [1.82, 2.24) is 20.1 Å². The second kappa shape index (κ2) is 9.13. The van der Waals surface area contributed by atoms with E-state index in [1.54, 1.807) is 7.11 Å². The van der Waals surface area contributed by atoms with Crippen LogP contribution in [0.4, 0.5) is 0 Å². The highest BCUT2D eigenvalue weighted by Crippen LogP contribution is 2.29. The minimum absolute atomic E-state index is 0.0486. The van der Waals surface area contributed by atoms with Gasteiger partial charge in [-0.15, -0.1) is 10.2 Å². The Morgan fingerprint density at radius 3 is 2.52 bits per heavy atom. The van der Waals surface area contributed by atoms with Crippen LogP contribution in [-0.4, -0.2) is 39.6 Å². The lowest BCUT2D eigenvalue weighted by molar-refractivity contribution is -0.119. The van der Waals surface area contributed by atoms with Crippen molar-refractivity contribution >= 4 is 17.7 Å². The number of hydrogen-bond donors (Lipinski definition) is 1. The third kappa shape index (κ3) is 4.62. The minimum Gasteiger partial charge on any atom is -0.497 e. The normalized spacial score (nSPS) is 14.1. The smallest absolute Gasteiger partial charge is 0.230 e. The molecule has 0 bridgehead atoms. The maximum Gasteiger partial charge on any atom is 0.230 e. The lowest BCUT2D eigenvalue weighted by Crippen LogP contribution is -2.33. The van der Waals surface area contributed by atoms with Gasteiger partial charge in [-0.25, -0.2) is 0 Å². The third-order valence-electron chi connectivity index (χ3n) is 5.05. The predicted octanol–water partition coefficient (Wildman–Crippen LogP) is 4.09. The van der Waals surface area contributed by atoms with Crippen LogP contribution in [0.5, 0.6) is 5.75 Å². The largest absolute Gasteiger partial charge is 0.497 e. The van der Waals surface area contributed by atoms with Gasteiger partial charge in [-0.05, 0) is 37.1 Å². The standard InChI is InChI=1S/C22H24N4O2S/c1-28-19-13-11-18(12-14-19)26-21(16-7-3-2-4-8-16)24-25-22(26)29-15-20(27)23-17-9-5-6-10-17/h2-4,7-8,11-14,17H,5-6,9-10,15H2,1H3,(H,23,27). The van der Waals surface area contributed by atoms with Crippen molar-refractivity contribution in [1.29, 1.82) is 0 Å². The first-order valence-electron chi connectivity index (χ1n) is 9.82. The second-order valence-electron chi connectivity index (χ2n) is 7.04. The number of amides is 1. The number of methoxy groups -OCH3 is 1. The molecule has 1 aromatic heterocycles. The van der Waals surface area contributed by atoms with Crippen molar-refractivity contribution in [3.63, 3.8) is 0 Å². The predicted molar refractivity (Wildman–Crippen MR) is 114 cm³/mol. The minimum atomic E-state index is 0.0486. The number of benzene rings is 2. The van der Waals surface area contributed by atoms with Gasteiger partial charge in [0.05, 0.1) is 12.9 Å². The van der Waals surface area contributed by atoms with Gasteiger partial charge in [0.15, 0.2) is 11.0 Å². The Balaban J connectivity index is 1.59. The Kier molecular flexibility index (Phi) is 6.14. The number of rotatable bonds is 7. The summed E-state index contributed by atoms with van der Waals surface area (Å²) in [4.78, 5) is 12.4. The molecule has 0 radical (unpaired) electrons. The van der Waals surface area contributed by atoms with Gasteiger partial charge in [0.1, 0.15) is 5.75 Å². The molecule has 0 unspecified atom stereocenters. The number of thioether (sulfide) groups is 1. The summed E-state index contributed by atoms with van der Waals surface area (Å²) in [6, 6.07) is 18.0. The summed E-state index contributed by atoms with van der Waals surface area (Å²) < 4.78 is 7.26. The van der Waals surface area contributed by atoms with Crippen molar-refractivity contribution in [2.45, 2.75) is 36.9 Å². The van der Waals surface area contributed by atoms with Gasteiger partial charge in [0.25, 0.3) is 0 Å². The molecule has 1 saturated carbocycles. The fourth-order valence-electron chi connectivity index (χ4n) is 3.57. The Morgan fingerprint density at radius 1 is 1.10 bits per heavy atom. The molecule has 7 heteroatoms. The highest BCUT2D eigenvalue weighted by Gasteiger charge is 2.20. The molecule has 0 saturated heterocycles. The summed E-state index contributed by atoms with van der Waals surface area (Å²) in [6.45, 7) is 0. The fraction of sp³-hybridized carbons (Fsp3) is 0.318. The Bertz CT molecular complexity index is 951. The summed E-state index contributed by atoms with van der Waals surface area (Å²) in [5.41, 5.74) is 1.89. The molecular weight excluding hydrogens is 384 g/mol. The first-order valence-corrected chi connectivity index (χ1v) is 10.8. The molecule has 2 aromatic carbocycles. The number of nitrogens with zero attached hydrogens (tertiary/aromatic N) is 3. The summed E-state index contributed by atoms with van der Waals surface area (Å²) in [6.07, 6.45) is 4.56. The molecular formula is C22H24N4O2S. The monoisotopic (exact) mass is 408 g/mol. The van der Waals surface area contributed by atoms with Gasteiger partial charge in [-0.3, -0.25) is 9.36 Å². The van der Waals surface area contributed by atoms with E-state index in [-0.39, 0.29) is 5.91 Å². The SMILES string of the molecule is COc1ccc(-n2c(SCC(=O)NC3CCCC3)nnc2-c2ccccc2)cc1. The van der Waals surface area contributed by atoms with Gasteiger partial charge >= 0.3 is 0 Å². The molecule has 1 aliphatic rings. The van der Waals surface area contributed by atoms with E-state index < -0.39 is 0 Å². The molecule has 1 N–H and O–H groups in total. The van der Waals surface area contributed by atoms with Crippen LogP contribution in [0.1, 0.15) is 25.7 Å². The quantitative estimate of drug-likeness (QED) is 0.596. The van der Waals surface area contributed by atoms with Crippen LogP contribution in [-0.2, 0) is 4.79 Å². The van der Waals surface area contributed by atoms with E-state index in [0.717, 1.165) is 35.7 Å². The molecule has 1 aliphatic carbocycles. The van der Waals surface area contributed by atoms with Gasteiger partial charge in [0.2, 0.25) is 5.91 Å². The van der Waals surface area contributed by atoms with E-state index in [1.165, 1.54) is 24.6 Å². The molecule has 1 heterocycles. The summed E-state index contributed by atoms with van der Waals surface area (Å²) in [5.74, 6) is 1.90. The molecule has 150 valence electrons. The lowest BCUT2D eigenvalue weighted by atomic mass is 10.2. The second-order valence-corrected chi connectivity index (χ2v) is 7.99. The number of nitrogens with one attached hydrogen (secondary N) is 1. The zero-order valence-electron chi connectivity index (χ0n) is 16.4. The molecule has 29 heavy (non-hydrogen) atoms. The highest BCUT2D eigenvalue weighted by atomic mass is 32.2. The topological polar surface area (TPSA) is 69.0 Å². The number of carbonyl (C=O) groups excluding carboxylic acids is 1. The van der Waals surface area contributed by atoms with Crippen LogP contribution in [0, 0.1) is 0 Å². The summed E-state index contributed by atoms with van der Waals surface area (Å²) in [7, 11) is 1.65. The zero-order chi connectivity index (χ0) is 20.1. The molecule has 4 rings (SSSR count). The molecule has 1 amide bonds. The summed E-state index contributed by atoms with van der Waals surface area (Å²) >= 11 is 1.40. The molecule has 0 aliphatic heterocycles. The van der Waals surface area contributed by atoms with Crippen molar-refractivity contribution in [3.8, 4) is 22.8 Å². The van der Waals surface area contributed by atoms with Crippen molar-refractivity contribution < 1.29 is 9.53 Å². The van der Waals surface area contributed by atoms with Crippen LogP contribution >= 0.6 is 11.8 Å². The van der Waals surface area contributed by atoms with Crippen LogP contribution in [0.15, 0.2) is 59.8 Å². The van der Waals surface area contributed by atoms with E-state index in [0.29, 0.717) is 17.0 Å². The molecule has 0 spiro atoms. The van der Waals surface area contributed by atoms with E-state index in [1.807, 2.05) is 59.2 Å². The van der Waals surface area contributed by atoms with Gasteiger partial charge in [-0.2, -0.15) is 0 Å². The molecule has 3 aromatic rings. The van der Waals surface area contributed by atoms with Gasteiger partial charge in [-0.1, -0.05) is 54.9 Å². The number of carbonyl (C=O) groups is 1. The van der Waals surface area contributed by atoms with Gasteiger partial charge < -0.3 is 10.1 Å². The van der Waals surface area contributed by atoms with E-state index in [4.69, 9.17) is 4.74 Å². The van der Waals surface area contributed by atoms with Crippen LogP contribution in [0.3, 0.4) is 0 Å². The average Bonchev–Trinajstić information content (AvgIpc) is 3.43. The highest BCUT2D eigenvalue weighted by molar-refractivity contribution is 7.99. The van der Waals surface area contributed by atoms with E-state index in [9.17, 15) is 4.79 Å². The van der Waals surface area contributed by atoms with Crippen molar-refractivity contribution in [2.75, 3.05) is 12.9 Å². The van der Waals surface area contributed by atoms with Crippen LogP contribution in [0.25, 0.3) is 17.1 Å². The fourth-order valence-corrected chi connectivity index (χ4v) is 4.33. The first kappa shape index (κ1) is 19.5. The molecule has 6 nitrogen and oxygen atoms in total. The maximum atomic E-state index is 12.4. The first-order chi connectivity index (χ1) is 14.2. The Morgan fingerprint density at radius 2 is 1.83 bits per heavy atom. The van der Waals surface area contributed by atoms with Crippen molar-refractivity contribution in [2.24, 2.45) is 0 Å². The summed E-state index contributed by atoms with van der Waals surface area (Å²) in [5, 5.41) is 12.6. The third-order valence-corrected chi connectivity index (χ3v) is 5.98. The maximum absolute atomic E-state index is 12.4. The molecule has 1 fully saturated rings.